The highest BCUT2D eigenvalue weighted by atomic mass is 32.2. The third kappa shape index (κ3) is 4.62. The van der Waals surface area contributed by atoms with Gasteiger partial charge >= 0.3 is 0 Å². The zero-order valence-electron chi connectivity index (χ0n) is 9.88. The number of nitro groups is 1. The molecular weight excluding hydrogens is 240 g/mol. The first-order valence-corrected chi connectivity index (χ1v) is 7.01. The Bertz CT molecular complexity index is 423. The van der Waals surface area contributed by atoms with Crippen LogP contribution < -0.4 is 5.32 Å². The summed E-state index contributed by atoms with van der Waals surface area (Å²) in [4.78, 5) is 10.2. The SMILES string of the molecule is CC(NCCS(C)=O)c1cccc([N+](=O)[O-])c1. The molecule has 0 aliphatic heterocycles. The van der Waals surface area contributed by atoms with Gasteiger partial charge in [-0.25, -0.2) is 0 Å². The largest absolute Gasteiger partial charge is 0.309 e. The minimum Gasteiger partial charge on any atom is -0.309 e. The number of nitrogens with zero attached hydrogens (tertiary/aromatic N) is 1. The zero-order chi connectivity index (χ0) is 12.8. The van der Waals surface area contributed by atoms with Crippen molar-refractivity contribution in [2.75, 3.05) is 18.6 Å². The molecule has 0 aliphatic rings. The normalized spacial score (nSPS) is 14.2. The Morgan fingerprint density at radius 1 is 1.53 bits per heavy atom. The van der Waals surface area contributed by atoms with Gasteiger partial charge in [-0.3, -0.25) is 14.3 Å². The van der Waals surface area contributed by atoms with Crippen LogP contribution in [0.3, 0.4) is 0 Å². The number of hydrogen-bond donors (Lipinski definition) is 1. The Kier molecular flexibility index (Phi) is 5.24. The van der Waals surface area contributed by atoms with Crippen LogP contribution in [0.2, 0.25) is 0 Å². The maximum atomic E-state index is 10.9. The van der Waals surface area contributed by atoms with Crippen LogP contribution in [-0.2, 0) is 10.8 Å². The van der Waals surface area contributed by atoms with Crippen LogP contribution in [0, 0.1) is 10.1 Å². The molecule has 0 aliphatic carbocycles. The van der Waals surface area contributed by atoms with Crippen molar-refractivity contribution in [1.29, 1.82) is 0 Å². The van der Waals surface area contributed by atoms with E-state index in [4.69, 9.17) is 0 Å². The fourth-order valence-electron chi connectivity index (χ4n) is 1.44. The van der Waals surface area contributed by atoms with Crippen LogP contribution in [-0.4, -0.2) is 27.7 Å². The number of hydrogen-bond acceptors (Lipinski definition) is 4. The molecule has 1 aromatic rings. The number of rotatable bonds is 6. The van der Waals surface area contributed by atoms with E-state index < -0.39 is 15.7 Å². The topological polar surface area (TPSA) is 72.2 Å². The standard InChI is InChI=1S/C11H16N2O3S/c1-9(12-6-7-17(2)16)10-4-3-5-11(8-10)13(14)15/h3-5,8-9,12H,6-7H2,1-2H3. The Morgan fingerprint density at radius 3 is 2.82 bits per heavy atom. The van der Waals surface area contributed by atoms with Crippen molar-refractivity contribution in [2.24, 2.45) is 0 Å². The van der Waals surface area contributed by atoms with Gasteiger partial charge in [0.1, 0.15) is 0 Å². The van der Waals surface area contributed by atoms with E-state index in [1.165, 1.54) is 6.07 Å². The van der Waals surface area contributed by atoms with E-state index in [0.717, 1.165) is 5.56 Å². The number of nitro benzene ring substituents is 1. The Morgan fingerprint density at radius 2 is 2.24 bits per heavy atom. The summed E-state index contributed by atoms with van der Waals surface area (Å²) in [5.41, 5.74) is 0.955. The number of non-ortho nitro benzene ring substituents is 1. The molecule has 2 atom stereocenters. The quantitative estimate of drug-likeness (QED) is 0.620. The summed E-state index contributed by atoms with van der Waals surface area (Å²) < 4.78 is 10.9. The Balaban J connectivity index is 2.62. The second-order valence-electron chi connectivity index (χ2n) is 3.81. The van der Waals surface area contributed by atoms with Crippen molar-refractivity contribution in [1.82, 2.24) is 5.32 Å². The predicted molar refractivity (Wildman–Crippen MR) is 68.4 cm³/mol. The van der Waals surface area contributed by atoms with Crippen molar-refractivity contribution in [2.45, 2.75) is 13.0 Å². The molecule has 17 heavy (non-hydrogen) atoms. The highest BCUT2D eigenvalue weighted by Gasteiger charge is 2.10. The van der Waals surface area contributed by atoms with E-state index in [9.17, 15) is 14.3 Å². The molecule has 0 saturated carbocycles. The lowest BCUT2D eigenvalue weighted by molar-refractivity contribution is -0.384. The van der Waals surface area contributed by atoms with Gasteiger partial charge in [0.05, 0.1) is 4.92 Å². The maximum Gasteiger partial charge on any atom is 0.269 e. The third-order valence-electron chi connectivity index (χ3n) is 2.42. The van der Waals surface area contributed by atoms with Crippen molar-refractivity contribution < 1.29 is 9.13 Å². The van der Waals surface area contributed by atoms with E-state index in [0.29, 0.717) is 12.3 Å². The number of nitrogens with one attached hydrogen (secondary N) is 1. The summed E-state index contributed by atoms with van der Waals surface area (Å²) in [6, 6.07) is 6.55. The molecule has 0 amide bonds. The minimum atomic E-state index is -0.821. The molecular formula is C11H16N2O3S. The van der Waals surface area contributed by atoms with Crippen LogP contribution >= 0.6 is 0 Å². The smallest absolute Gasteiger partial charge is 0.269 e. The van der Waals surface area contributed by atoms with E-state index >= 15 is 0 Å². The van der Waals surface area contributed by atoms with Crippen LogP contribution in [0.1, 0.15) is 18.5 Å². The van der Waals surface area contributed by atoms with Crippen molar-refractivity contribution in [3.8, 4) is 0 Å². The minimum absolute atomic E-state index is 0.0125. The molecule has 0 heterocycles. The molecule has 0 aromatic heterocycles. The van der Waals surface area contributed by atoms with Gasteiger partial charge in [-0.2, -0.15) is 0 Å². The monoisotopic (exact) mass is 256 g/mol. The Labute approximate surface area is 103 Å². The molecule has 5 nitrogen and oxygen atoms in total. The molecule has 1 N–H and O–H groups in total. The summed E-state index contributed by atoms with van der Waals surface area (Å²) in [5, 5.41) is 13.8. The van der Waals surface area contributed by atoms with Crippen LogP contribution in [0.25, 0.3) is 0 Å². The van der Waals surface area contributed by atoms with Crippen molar-refractivity contribution >= 4 is 16.5 Å². The maximum absolute atomic E-state index is 10.9. The lowest BCUT2D eigenvalue weighted by Crippen LogP contribution is -2.23. The van der Waals surface area contributed by atoms with Gasteiger partial charge in [0.2, 0.25) is 0 Å². The second-order valence-corrected chi connectivity index (χ2v) is 5.36. The van der Waals surface area contributed by atoms with E-state index in [2.05, 4.69) is 5.32 Å². The van der Waals surface area contributed by atoms with E-state index in [-0.39, 0.29) is 11.7 Å². The molecule has 2 unspecified atom stereocenters. The van der Waals surface area contributed by atoms with Gasteiger partial charge in [0, 0.05) is 47.5 Å². The predicted octanol–water partition coefficient (Wildman–Crippen LogP) is 1.62. The average molecular weight is 256 g/mol. The summed E-state index contributed by atoms with van der Waals surface area (Å²) in [7, 11) is -0.821. The molecule has 0 bridgehead atoms. The first-order chi connectivity index (χ1) is 8.00. The highest BCUT2D eigenvalue weighted by molar-refractivity contribution is 7.84. The fraction of sp³-hybridized carbons (Fsp3) is 0.455. The Hall–Kier alpha value is -1.27. The molecule has 1 aromatic carbocycles. The molecule has 1 rings (SSSR count). The summed E-state index contributed by atoms with van der Waals surface area (Å²) in [5.74, 6) is 0.583. The summed E-state index contributed by atoms with van der Waals surface area (Å²) in [6.45, 7) is 2.56. The molecule has 6 heteroatoms. The lowest BCUT2D eigenvalue weighted by Gasteiger charge is -2.13. The first kappa shape index (κ1) is 13.8. The lowest BCUT2D eigenvalue weighted by atomic mass is 10.1. The van der Waals surface area contributed by atoms with E-state index in [1.807, 2.05) is 13.0 Å². The average Bonchev–Trinajstić information content (AvgIpc) is 2.28. The first-order valence-electron chi connectivity index (χ1n) is 5.28. The zero-order valence-corrected chi connectivity index (χ0v) is 10.7. The van der Waals surface area contributed by atoms with Gasteiger partial charge in [-0.1, -0.05) is 12.1 Å². The van der Waals surface area contributed by atoms with Gasteiger partial charge in [-0.05, 0) is 12.5 Å². The van der Waals surface area contributed by atoms with Crippen LogP contribution in [0.4, 0.5) is 5.69 Å². The van der Waals surface area contributed by atoms with E-state index in [1.54, 1.807) is 18.4 Å². The summed E-state index contributed by atoms with van der Waals surface area (Å²) >= 11 is 0. The van der Waals surface area contributed by atoms with Crippen LogP contribution in [0.5, 0.6) is 0 Å². The highest BCUT2D eigenvalue weighted by Crippen LogP contribution is 2.18. The van der Waals surface area contributed by atoms with Gasteiger partial charge in [0.25, 0.3) is 5.69 Å². The third-order valence-corrected chi connectivity index (χ3v) is 3.20. The molecule has 0 spiro atoms. The second kappa shape index (κ2) is 6.46. The van der Waals surface area contributed by atoms with Gasteiger partial charge in [0.15, 0.2) is 0 Å². The molecule has 0 saturated heterocycles. The number of benzene rings is 1. The molecule has 94 valence electrons. The summed E-state index contributed by atoms with van der Waals surface area (Å²) in [6.07, 6.45) is 1.65. The van der Waals surface area contributed by atoms with Crippen molar-refractivity contribution in [3.63, 3.8) is 0 Å². The van der Waals surface area contributed by atoms with Crippen LogP contribution in [0.15, 0.2) is 24.3 Å². The molecule has 0 radical (unpaired) electrons. The van der Waals surface area contributed by atoms with Gasteiger partial charge in [-0.15, -0.1) is 0 Å². The fourth-order valence-corrected chi connectivity index (χ4v) is 1.85. The molecule has 0 fully saturated rings. The van der Waals surface area contributed by atoms with Crippen molar-refractivity contribution in [3.05, 3.63) is 39.9 Å². The van der Waals surface area contributed by atoms with Gasteiger partial charge < -0.3 is 5.32 Å².